The Labute approximate surface area is 158 Å². The Hall–Kier alpha value is -3.16. The summed E-state index contributed by atoms with van der Waals surface area (Å²) in [7, 11) is 0. The highest BCUT2D eigenvalue weighted by molar-refractivity contribution is 5.91. The molecule has 1 saturated heterocycles. The Morgan fingerprint density at radius 1 is 1.22 bits per heavy atom. The van der Waals surface area contributed by atoms with Crippen LogP contribution in [-0.4, -0.2) is 51.5 Å². The monoisotopic (exact) mass is 368 g/mol. The fraction of sp³-hybridized carbons (Fsp3) is 0.368. The van der Waals surface area contributed by atoms with Crippen LogP contribution in [0.15, 0.2) is 42.6 Å². The second-order valence-corrected chi connectivity index (χ2v) is 6.67. The number of hydrogen-bond donors (Lipinski definition) is 2. The van der Waals surface area contributed by atoms with Crippen molar-refractivity contribution in [1.82, 2.24) is 25.2 Å². The molecule has 0 bridgehead atoms. The number of likely N-dealkylation sites (tertiary alicyclic amines) is 1. The SMILES string of the molecule is NC(=O)NCC1CCN(C(=O)C=Cc2cn(Cc3ccccc3)nn2)CC1. The van der Waals surface area contributed by atoms with E-state index in [4.69, 9.17) is 5.73 Å². The molecule has 1 aromatic carbocycles. The second-order valence-electron chi connectivity index (χ2n) is 6.67. The molecule has 1 aliphatic rings. The van der Waals surface area contributed by atoms with E-state index < -0.39 is 6.03 Å². The van der Waals surface area contributed by atoms with Crippen molar-refractivity contribution in [2.24, 2.45) is 11.7 Å². The first kappa shape index (κ1) is 18.6. The average Bonchev–Trinajstić information content (AvgIpc) is 3.13. The summed E-state index contributed by atoms with van der Waals surface area (Å²) in [6.45, 7) is 2.56. The van der Waals surface area contributed by atoms with Crippen molar-refractivity contribution in [1.29, 1.82) is 0 Å². The van der Waals surface area contributed by atoms with Gasteiger partial charge in [0.25, 0.3) is 0 Å². The molecule has 0 saturated carbocycles. The first-order valence-electron chi connectivity index (χ1n) is 9.04. The molecule has 1 aliphatic heterocycles. The minimum absolute atomic E-state index is 0.0334. The molecular weight excluding hydrogens is 344 g/mol. The molecule has 0 spiro atoms. The summed E-state index contributed by atoms with van der Waals surface area (Å²) in [5.41, 5.74) is 6.88. The lowest BCUT2D eigenvalue weighted by molar-refractivity contribution is -0.127. The zero-order chi connectivity index (χ0) is 19.1. The third-order valence-corrected chi connectivity index (χ3v) is 4.63. The van der Waals surface area contributed by atoms with E-state index in [-0.39, 0.29) is 5.91 Å². The molecule has 0 radical (unpaired) electrons. The van der Waals surface area contributed by atoms with Gasteiger partial charge in [-0.25, -0.2) is 9.48 Å². The van der Waals surface area contributed by atoms with E-state index in [0.29, 0.717) is 37.8 Å². The maximum Gasteiger partial charge on any atom is 0.312 e. The normalized spacial score (nSPS) is 15.2. The molecular formula is C19H24N6O2. The lowest BCUT2D eigenvalue weighted by Gasteiger charge is -2.31. The van der Waals surface area contributed by atoms with E-state index in [1.54, 1.807) is 16.8 Å². The number of hydrogen-bond acceptors (Lipinski definition) is 4. The second kappa shape index (κ2) is 8.98. The number of primary amides is 1. The number of nitrogens with one attached hydrogen (secondary N) is 1. The number of amides is 3. The van der Waals surface area contributed by atoms with Crippen LogP contribution in [0.3, 0.4) is 0 Å². The predicted molar refractivity (Wildman–Crippen MR) is 101 cm³/mol. The first-order valence-corrected chi connectivity index (χ1v) is 9.04. The van der Waals surface area contributed by atoms with Crippen LogP contribution in [0.4, 0.5) is 4.79 Å². The molecule has 8 heteroatoms. The van der Waals surface area contributed by atoms with Gasteiger partial charge in [-0.3, -0.25) is 4.79 Å². The van der Waals surface area contributed by atoms with Gasteiger partial charge in [-0.2, -0.15) is 0 Å². The van der Waals surface area contributed by atoms with Crippen LogP contribution in [0, 0.1) is 5.92 Å². The van der Waals surface area contributed by atoms with E-state index in [2.05, 4.69) is 15.6 Å². The lowest BCUT2D eigenvalue weighted by Crippen LogP contribution is -2.41. The predicted octanol–water partition coefficient (Wildman–Crippen LogP) is 1.25. The van der Waals surface area contributed by atoms with Gasteiger partial charge in [0.2, 0.25) is 5.91 Å². The fourth-order valence-electron chi connectivity index (χ4n) is 3.10. The van der Waals surface area contributed by atoms with Crippen LogP contribution >= 0.6 is 0 Å². The Morgan fingerprint density at radius 3 is 2.67 bits per heavy atom. The maximum absolute atomic E-state index is 12.3. The van der Waals surface area contributed by atoms with Crippen LogP contribution in [0.25, 0.3) is 6.08 Å². The van der Waals surface area contributed by atoms with Crippen molar-refractivity contribution in [3.05, 3.63) is 53.9 Å². The third-order valence-electron chi connectivity index (χ3n) is 4.63. The highest BCUT2D eigenvalue weighted by Gasteiger charge is 2.21. The van der Waals surface area contributed by atoms with E-state index in [9.17, 15) is 9.59 Å². The van der Waals surface area contributed by atoms with Crippen molar-refractivity contribution >= 4 is 18.0 Å². The van der Waals surface area contributed by atoms with E-state index in [1.807, 2.05) is 41.4 Å². The molecule has 0 atom stereocenters. The van der Waals surface area contributed by atoms with Gasteiger partial charge in [-0.05, 0) is 30.4 Å². The molecule has 0 aliphatic carbocycles. The maximum atomic E-state index is 12.3. The smallest absolute Gasteiger partial charge is 0.312 e. The van der Waals surface area contributed by atoms with E-state index in [1.165, 1.54) is 0 Å². The topological polar surface area (TPSA) is 106 Å². The molecule has 2 heterocycles. The van der Waals surface area contributed by atoms with Crippen LogP contribution in [0.5, 0.6) is 0 Å². The summed E-state index contributed by atoms with van der Waals surface area (Å²) in [6, 6.07) is 9.50. The quantitative estimate of drug-likeness (QED) is 0.748. The van der Waals surface area contributed by atoms with Gasteiger partial charge in [0.15, 0.2) is 0 Å². The number of carbonyl (C=O) groups is 2. The summed E-state index contributed by atoms with van der Waals surface area (Å²) in [5.74, 6) is 0.331. The van der Waals surface area contributed by atoms with Crippen molar-refractivity contribution in [3.8, 4) is 0 Å². The van der Waals surface area contributed by atoms with Crippen LogP contribution < -0.4 is 11.1 Å². The zero-order valence-electron chi connectivity index (χ0n) is 15.1. The number of nitrogens with zero attached hydrogens (tertiary/aromatic N) is 4. The Kier molecular flexibility index (Phi) is 6.19. The van der Waals surface area contributed by atoms with Crippen molar-refractivity contribution in [2.75, 3.05) is 19.6 Å². The van der Waals surface area contributed by atoms with Gasteiger partial charge in [0.05, 0.1) is 12.7 Å². The van der Waals surface area contributed by atoms with E-state index >= 15 is 0 Å². The fourth-order valence-corrected chi connectivity index (χ4v) is 3.10. The molecule has 0 unspecified atom stereocenters. The Morgan fingerprint density at radius 2 is 1.96 bits per heavy atom. The molecule has 2 aromatic rings. The van der Waals surface area contributed by atoms with Crippen molar-refractivity contribution < 1.29 is 9.59 Å². The van der Waals surface area contributed by atoms with Crippen LogP contribution in [-0.2, 0) is 11.3 Å². The number of benzene rings is 1. The highest BCUT2D eigenvalue weighted by Crippen LogP contribution is 2.16. The minimum Gasteiger partial charge on any atom is -0.352 e. The van der Waals surface area contributed by atoms with Gasteiger partial charge >= 0.3 is 6.03 Å². The molecule has 3 N–H and O–H groups in total. The van der Waals surface area contributed by atoms with Crippen molar-refractivity contribution in [2.45, 2.75) is 19.4 Å². The summed E-state index contributed by atoms with van der Waals surface area (Å²) >= 11 is 0. The molecule has 142 valence electrons. The third kappa shape index (κ3) is 5.67. The number of piperidine rings is 1. The number of nitrogens with two attached hydrogens (primary N) is 1. The highest BCUT2D eigenvalue weighted by atomic mass is 16.2. The standard InChI is InChI=1S/C19H24N6O2/c20-19(27)21-12-15-8-10-24(11-9-15)18(26)7-6-17-14-25(23-22-17)13-16-4-2-1-3-5-16/h1-7,14-15H,8-13H2,(H3,20,21,27). The average molecular weight is 368 g/mol. The number of rotatable bonds is 6. The molecule has 3 rings (SSSR count). The number of carbonyl (C=O) groups excluding carboxylic acids is 2. The summed E-state index contributed by atoms with van der Waals surface area (Å²) in [6.07, 6.45) is 6.76. The molecule has 3 amide bonds. The van der Waals surface area contributed by atoms with Crippen LogP contribution in [0.1, 0.15) is 24.1 Å². The van der Waals surface area contributed by atoms with Gasteiger partial charge in [0, 0.05) is 25.7 Å². The Bertz CT molecular complexity index is 794. The molecule has 1 aromatic heterocycles. The minimum atomic E-state index is -0.503. The van der Waals surface area contributed by atoms with Gasteiger partial charge < -0.3 is 16.0 Å². The Balaban J connectivity index is 1.47. The first-order chi connectivity index (χ1) is 13.1. The number of aromatic nitrogens is 3. The van der Waals surface area contributed by atoms with Gasteiger partial charge in [-0.1, -0.05) is 35.5 Å². The molecule has 27 heavy (non-hydrogen) atoms. The zero-order valence-corrected chi connectivity index (χ0v) is 15.1. The summed E-state index contributed by atoms with van der Waals surface area (Å²) < 4.78 is 1.75. The molecule has 1 fully saturated rings. The summed E-state index contributed by atoms with van der Waals surface area (Å²) in [5, 5.41) is 10.8. The number of urea groups is 1. The van der Waals surface area contributed by atoms with Crippen molar-refractivity contribution in [3.63, 3.8) is 0 Å². The van der Waals surface area contributed by atoms with Gasteiger partial charge in [0.1, 0.15) is 5.69 Å². The lowest BCUT2D eigenvalue weighted by atomic mass is 9.97. The van der Waals surface area contributed by atoms with E-state index in [0.717, 1.165) is 18.4 Å². The van der Waals surface area contributed by atoms with Crippen LogP contribution in [0.2, 0.25) is 0 Å². The largest absolute Gasteiger partial charge is 0.352 e. The summed E-state index contributed by atoms with van der Waals surface area (Å²) in [4.78, 5) is 24.9. The molecule has 8 nitrogen and oxygen atoms in total. The van der Waals surface area contributed by atoms with Gasteiger partial charge in [-0.15, -0.1) is 5.10 Å².